The number of halogens is 1. The first kappa shape index (κ1) is 14.9. The van der Waals surface area contributed by atoms with E-state index in [2.05, 4.69) is 11.8 Å². The number of rotatable bonds is 3. The van der Waals surface area contributed by atoms with Gasteiger partial charge in [0.1, 0.15) is 0 Å². The van der Waals surface area contributed by atoms with Crippen molar-refractivity contribution in [3.63, 3.8) is 0 Å². The molecule has 1 amide bonds. The Morgan fingerprint density at radius 1 is 1.50 bits per heavy atom. The summed E-state index contributed by atoms with van der Waals surface area (Å²) in [7, 11) is 1.70. The fourth-order valence-electron chi connectivity index (χ4n) is 2.67. The first-order valence-electron chi connectivity index (χ1n) is 6.60. The number of nitrogens with zero attached hydrogens (tertiary/aromatic N) is 1. The van der Waals surface area contributed by atoms with Crippen molar-refractivity contribution in [1.29, 1.82) is 0 Å². The Labute approximate surface area is 123 Å². The van der Waals surface area contributed by atoms with Crippen molar-refractivity contribution in [2.24, 2.45) is 11.7 Å². The van der Waals surface area contributed by atoms with E-state index >= 15 is 0 Å². The molecular weight excluding hydrogens is 278 g/mol. The molecule has 0 radical (unpaired) electrons. The molecule has 4 N–H and O–H groups in total. The summed E-state index contributed by atoms with van der Waals surface area (Å²) in [6.07, 6.45) is 1.08. The average Bonchev–Trinajstić information content (AvgIpc) is 2.39. The fourth-order valence-corrected chi connectivity index (χ4v) is 3.02. The highest BCUT2D eigenvalue weighted by molar-refractivity contribution is 6.34. The molecule has 0 spiro atoms. The van der Waals surface area contributed by atoms with Gasteiger partial charge in [0.25, 0.3) is 5.91 Å². The van der Waals surface area contributed by atoms with Crippen LogP contribution in [-0.4, -0.2) is 32.2 Å². The van der Waals surface area contributed by atoms with Crippen LogP contribution in [0, 0.1) is 5.92 Å². The second-order valence-electron chi connectivity index (χ2n) is 5.25. The normalized spacial score (nSPS) is 22.9. The Hall–Kier alpha value is -1.46. The standard InChI is InChI=1S/C14H20ClN3O2/c1-8-3-4-18(7-12(8)20-2)13-10(14(17)19)5-9(16)6-11(13)15/h5-6,8,12H,3-4,7,16H2,1-2H3,(H2,17,19). The molecule has 1 aliphatic heterocycles. The van der Waals surface area contributed by atoms with Crippen LogP contribution in [-0.2, 0) is 4.74 Å². The molecule has 1 aliphatic rings. The maximum absolute atomic E-state index is 11.6. The van der Waals surface area contributed by atoms with Gasteiger partial charge in [-0.25, -0.2) is 0 Å². The Balaban J connectivity index is 2.39. The number of nitrogen functional groups attached to an aromatic ring is 1. The van der Waals surface area contributed by atoms with Crippen LogP contribution in [0.5, 0.6) is 0 Å². The molecule has 1 heterocycles. The number of ether oxygens (including phenoxy) is 1. The van der Waals surface area contributed by atoms with Gasteiger partial charge < -0.3 is 21.1 Å². The predicted molar refractivity (Wildman–Crippen MR) is 81.2 cm³/mol. The third kappa shape index (κ3) is 2.83. The van der Waals surface area contributed by atoms with Gasteiger partial charge in [-0.3, -0.25) is 4.79 Å². The molecule has 1 fully saturated rings. The molecule has 1 aromatic carbocycles. The second-order valence-corrected chi connectivity index (χ2v) is 5.66. The zero-order chi connectivity index (χ0) is 14.9. The van der Waals surface area contributed by atoms with Gasteiger partial charge >= 0.3 is 0 Å². The maximum atomic E-state index is 11.6. The lowest BCUT2D eigenvalue weighted by molar-refractivity contribution is 0.0498. The minimum absolute atomic E-state index is 0.109. The van der Waals surface area contributed by atoms with Gasteiger partial charge in [-0.15, -0.1) is 0 Å². The number of carbonyl (C=O) groups is 1. The van der Waals surface area contributed by atoms with E-state index in [4.69, 9.17) is 27.8 Å². The third-order valence-electron chi connectivity index (χ3n) is 3.86. The van der Waals surface area contributed by atoms with Crippen LogP contribution in [0.2, 0.25) is 5.02 Å². The number of nitrogens with two attached hydrogens (primary N) is 2. The number of hydrogen-bond acceptors (Lipinski definition) is 4. The Morgan fingerprint density at radius 3 is 2.80 bits per heavy atom. The summed E-state index contributed by atoms with van der Waals surface area (Å²) in [4.78, 5) is 13.7. The quantitative estimate of drug-likeness (QED) is 0.835. The molecule has 20 heavy (non-hydrogen) atoms. The van der Waals surface area contributed by atoms with Crippen LogP contribution in [0.1, 0.15) is 23.7 Å². The van der Waals surface area contributed by atoms with E-state index < -0.39 is 5.91 Å². The average molecular weight is 298 g/mol. The smallest absolute Gasteiger partial charge is 0.250 e. The van der Waals surface area contributed by atoms with Crippen molar-refractivity contribution in [3.8, 4) is 0 Å². The SMILES string of the molecule is COC1CN(c2c(Cl)cc(N)cc2C(N)=O)CCC1C. The van der Waals surface area contributed by atoms with Crippen LogP contribution >= 0.6 is 11.6 Å². The monoisotopic (exact) mass is 297 g/mol. The van der Waals surface area contributed by atoms with Gasteiger partial charge in [-0.1, -0.05) is 18.5 Å². The summed E-state index contributed by atoms with van der Waals surface area (Å²) in [6, 6.07) is 3.21. The van der Waals surface area contributed by atoms with Gasteiger partial charge in [-0.05, 0) is 24.5 Å². The zero-order valence-corrected chi connectivity index (χ0v) is 12.5. The first-order valence-corrected chi connectivity index (χ1v) is 6.98. The van der Waals surface area contributed by atoms with E-state index in [1.54, 1.807) is 19.2 Å². The van der Waals surface area contributed by atoms with Crippen molar-refractivity contribution < 1.29 is 9.53 Å². The highest BCUT2D eigenvalue weighted by Gasteiger charge is 2.29. The zero-order valence-electron chi connectivity index (χ0n) is 11.7. The van der Waals surface area contributed by atoms with Gasteiger partial charge in [0, 0.05) is 25.9 Å². The van der Waals surface area contributed by atoms with Gasteiger partial charge in [0.15, 0.2) is 0 Å². The van der Waals surface area contributed by atoms with Crippen molar-refractivity contribution >= 4 is 28.9 Å². The van der Waals surface area contributed by atoms with Crippen molar-refractivity contribution in [3.05, 3.63) is 22.7 Å². The molecule has 1 saturated heterocycles. The molecule has 1 aromatic rings. The molecule has 0 bridgehead atoms. The highest BCUT2D eigenvalue weighted by Crippen LogP contribution is 2.35. The van der Waals surface area contributed by atoms with Crippen molar-refractivity contribution in [2.45, 2.75) is 19.4 Å². The lowest BCUT2D eigenvalue weighted by atomic mass is 9.94. The molecule has 2 rings (SSSR count). The van der Waals surface area contributed by atoms with E-state index in [1.807, 2.05) is 0 Å². The molecule has 2 unspecified atom stereocenters. The second kappa shape index (κ2) is 5.89. The molecular formula is C14H20ClN3O2. The summed E-state index contributed by atoms with van der Waals surface area (Å²) in [5, 5.41) is 0.447. The molecule has 6 heteroatoms. The summed E-state index contributed by atoms with van der Waals surface area (Å²) in [6.45, 7) is 3.65. The molecule has 0 saturated carbocycles. The summed E-state index contributed by atoms with van der Waals surface area (Å²) >= 11 is 6.27. The number of hydrogen-bond donors (Lipinski definition) is 2. The van der Waals surface area contributed by atoms with E-state index in [1.165, 1.54) is 0 Å². The molecule has 110 valence electrons. The lowest BCUT2D eigenvalue weighted by Crippen LogP contribution is -2.44. The Morgan fingerprint density at radius 2 is 2.20 bits per heavy atom. The van der Waals surface area contributed by atoms with E-state index in [9.17, 15) is 4.79 Å². The van der Waals surface area contributed by atoms with Crippen LogP contribution in [0.3, 0.4) is 0 Å². The molecule has 0 aromatic heterocycles. The number of primary amides is 1. The van der Waals surface area contributed by atoms with E-state index in [0.29, 0.717) is 34.4 Å². The highest BCUT2D eigenvalue weighted by atomic mass is 35.5. The number of anilines is 2. The predicted octanol–water partition coefficient (Wildman–Crippen LogP) is 1.88. The molecule has 2 atom stereocenters. The largest absolute Gasteiger partial charge is 0.399 e. The molecule has 5 nitrogen and oxygen atoms in total. The number of amides is 1. The van der Waals surface area contributed by atoms with E-state index in [0.717, 1.165) is 13.0 Å². The number of benzene rings is 1. The van der Waals surface area contributed by atoms with Gasteiger partial charge in [-0.2, -0.15) is 0 Å². The van der Waals surface area contributed by atoms with Crippen molar-refractivity contribution in [2.75, 3.05) is 30.8 Å². The van der Waals surface area contributed by atoms with Crippen molar-refractivity contribution in [1.82, 2.24) is 0 Å². The topological polar surface area (TPSA) is 81.6 Å². The summed E-state index contributed by atoms with van der Waals surface area (Å²) in [5.41, 5.74) is 12.6. The van der Waals surface area contributed by atoms with Crippen LogP contribution in [0.25, 0.3) is 0 Å². The van der Waals surface area contributed by atoms with E-state index in [-0.39, 0.29) is 6.10 Å². The first-order chi connectivity index (χ1) is 9.43. The summed E-state index contributed by atoms with van der Waals surface area (Å²) in [5.74, 6) is -0.0531. The molecule has 0 aliphatic carbocycles. The fraction of sp³-hybridized carbons (Fsp3) is 0.500. The number of methoxy groups -OCH3 is 1. The van der Waals surface area contributed by atoms with Crippen LogP contribution < -0.4 is 16.4 Å². The minimum Gasteiger partial charge on any atom is -0.399 e. The lowest BCUT2D eigenvalue weighted by Gasteiger charge is -2.38. The third-order valence-corrected chi connectivity index (χ3v) is 4.15. The van der Waals surface area contributed by atoms with Crippen LogP contribution in [0.15, 0.2) is 12.1 Å². The summed E-state index contributed by atoms with van der Waals surface area (Å²) < 4.78 is 5.49. The van der Waals surface area contributed by atoms with Gasteiger partial charge in [0.05, 0.1) is 22.4 Å². The number of carbonyl (C=O) groups excluding carboxylic acids is 1. The van der Waals surface area contributed by atoms with Crippen LogP contribution in [0.4, 0.5) is 11.4 Å². The maximum Gasteiger partial charge on any atom is 0.250 e. The minimum atomic E-state index is -0.526. The van der Waals surface area contributed by atoms with Gasteiger partial charge in [0.2, 0.25) is 0 Å². The Bertz CT molecular complexity index is 521. The Kier molecular flexibility index (Phi) is 4.40. The number of piperidine rings is 1.